The summed E-state index contributed by atoms with van der Waals surface area (Å²) in [6, 6.07) is 6.29. The Balaban J connectivity index is 1.58. The zero-order valence-electron chi connectivity index (χ0n) is 11.8. The maximum atomic E-state index is 13.7. The molecule has 0 saturated carbocycles. The third kappa shape index (κ3) is 3.75. The number of nitrogens with one attached hydrogen (secondary N) is 1. The van der Waals surface area contributed by atoms with Crippen LogP contribution in [-0.2, 0) is 11.2 Å². The average Bonchev–Trinajstić information content (AvgIpc) is 3.20. The second-order valence-corrected chi connectivity index (χ2v) is 5.85. The fourth-order valence-electron chi connectivity index (χ4n) is 1.89. The van der Waals surface area contributed by atoms with Gasteiger partial charge in [0.1, 0.15) is 0 Å². The first-order chi connectivity index (χ1) is 11.1. The van der Waals surface area contributed by atoms with Crippen LogP contribution in [0.5, 0.6) is 0 Å². The zero-order chi connectivity index (χ0) is 16.2. The number of halogens is 2. The lowest BCUT2D eigenvalue weighted by atomic mass is 10.2. The van der Waals surface area contributed by atoms with Crippen LogP contribution < -0.4 is 5.32 Å². The van der Waals surface area contributed by atoms with E-state index in [1.165, 1.54) is 23.5 Å². The monoisotopic (exact) mass is 351 g/mol. The summed E-state index contributed by atoms with van der Waals surface area (Å²) in [5.41, 5.74) is 0.895. The SMILES string of the molecule is O=C(CCc1nnc(-c2ccsc2)o1)Nc1cccc(Cl)c1F. The Bertz CT molecular complexity index is 820. The number of benzene rings is 1. The van der Waals surface area contributed by atoms with Crippen molar-refractivity contribution in [3.63, 3.8) is 0 Å². The fourth-order valence-corrected chi connectivity index (χ4v) is 2.70. The Hall–Kier alpha value is -2.25. The van der Waals surface area contributed by atoms with Crippen molar-refractivity contribution in [2.24, 2.45) is 0 Å². The van der Waals surface area contributed by atoms with E-state index in [2.05, 4.69) is 15.5 Å². The summed E-state index contributed by atoms with van der Waals surface area (Å²) in [5.74, 6) is -0.239. The summed E-state index contributed by atoms with van der Waals surface area (Å²) < 4.78 is 19.2. The summed E-state index contributed by atoms with van der Waals surface area (Å²) in [6.07, 6.45) is 0.363. The maximum Gasteiger partial charge on any atom is 0.248 e. The molecule has 0 aliphatic rings. The first-order valence-electron chi connectivity index (χ1n) is 6.72. The fraction of sp³-hybridized carbons (Fsp3) is 0.133. The Morgan fingerprint density at radius 1 is 1.35 bits per heavy atom. The molecule has 1 aromatic carbocycles. The Morgan fingerprint density at radius 3 is 3.00 bits per heavy atom. The van der Waals surface area contributed by atoms with Crippen molar-refractivity contribution in [3.8, 4) is 11.5 Å². The van der Waals surface area contributed by atoms with Crippen LogP contribution in [0.3, 0.4) is 0 Å². The van der Waals surface area contributed by atoms with Crippen molar-refractivity contribution in [1.29, 1.82) is 0 Å². The molecular formula is C15H11ClFN3O2S. The van der Waals surface area contributed by atoms with Gasteiger partial charge in [0.25, 0.3) is 0 Å². The number of amides is 1. The lowest BCUT2D eigenvalue weighted by molar-refractivity contribution is -0.116. The third-order valence-electron chi connectivity index (χ3n) is 3.03. The summed E-state index contributed by atoms with van der Waals surface area (Å²) in [5, 5.41) is 14.1. The number of aromatic nitrogens is 2. The van der Waals surface area contributed by atoms with E-state index in [1.54, 1.807) is 6.07 Å². The molecule has 8 heteroatoms. The van der Waals surface area contributed by atoms with Crippen molar-refractivity contribution in [1.82, 2.24) is 10.2 Å². The molecule has 3 aromatic rings. The molecular weight excluding hydrogens is 341 g/mol. The smallest absolute Gasteiger partial charge is 0.248 e. The molecule has 23 heavy (non-hydrogen) atoms. The average molecular weight is 352 g/mol. The normalized spacial score (nSPS) is 10.7. The molecule has 0 radical (unpaired) electrons. The topological polar surface area (TPSA) is 68.0 Å². The van der Waals surface area contributed by atoms with Crippen molar-refractivity contribution < 1.29 is 13.6 Å². The van der Waals surface area contributed by atoms with Gasteiger partial charge >= 0.3 is 0 Å². The van der Waals surface area contributed by atoms with Crippen LogP contribution >= 0.6 is 22.9 Å². The number of aryl methyl sites for hydroxylation is 1. The summed E-state index contributed by atoms with van der Waals surface area (Å²) >= 11 is 7.19. The number of carbonyl (C=O) groups excluding carboxylic acids is 1. The van der Waals surface area contributed by atoms with Crippen LogP contribution in [0.4, 0.5) is 10.1 Å². The lowest BCUT2D eigenvalue weighted by Crippen LogP contribution is -2.13. The maximum absolute atomic E-state index is 13.7. The van der Waals surface area contributed by atoms with E-state index in [4.69, 9.17) is 16.0 Å². The van der Waals surface area contributed by atoms with Crippen LogP contribution in [0.25, 0.3) is 11.5 Å². The Morgan fingerprint density at radius 2 is 2.22 bits per heavy atom. The number of hydrogen-bond donors (Lipinski definition) is 1. The molecule has 0 unspecified atom stereocenters. The summed E-state index contributed by atoms with van der Waals surface area (Å²) in [4.78, 5) is 11.9. The van der Waals surface area contributed by atoms with Crippen LogP contribution in [-0.4, -0.2) is 16.1 Å². The first-order valence-corrected chi connectivity index (χ1v) is 8.04. The van der Waals surface area contributed by atoms with Crippen LogP contribution in [0.15, 0.2) is 39.4 Å². The standard InChI is InChI=1S/C15H11ClFN3O2S/c16-10-2-1-3-11(14(10)17)18-12(21)4-5-13-19-20-15(22-13)9-6-7-23-8-9/h1-3,6-8H,4-5H2,(H,18,21). The molecule has 2 aromatic heterocycles. The molecule has 0 fully saturated rings. The van der Waals surface area contributed by atoms with Gasteiger partial charge in [-0.15, -0.1) is 10.2 Å². The molecule has 0 spiro atoms. The molecule has 0 saturated heterocycles. The van der Waals surface area contributed by atoms with E-state index in [9.17, 15) is 9.18 Å². The first kappa shape index (κ1) is 15.6. The molecule has 2 heterocycles. The van der Waals surface area contributed by atoms with Crippen LogP contribution in [0, 0.1) is 5.82 Å². The minimum atomic E-state index is -0.653. The van der Waals surface area contributed by atoms with E-state index in [0.717, 1.165) is 5.56 Å². The van der Waals surface area contributed by atoms with Gasteiger partial charge in [0, 0.05) is 23.8 Å². The number of nitrogens with zero attached hydrogens (tertiary/aromatic N) is 2. The molecule has 118 valence electrons. The molecule has 1 amide bonds. The highest BCUT2D eigenvalue weighted by atomic mass is 35.5. The number of hydrogen-bond acceptors (Lipinski definition) is 5. The highest BCUT2D eigenvalue weighted by Crippen LogP contribution is 2.23. The van der Waals surface area contributed by atoms with Gasteiger partial charge in [0.2, 0.25) is 17.7 Å². The van der Waals surface area contributed by atoms with Crippen molar-refractivity contribution in [2.45, 2.75) is 12.8 Å². The molecule has 0 atom stereocenters. The molecule has 0 bridgehead atoms. The molecule has 5 nitrogen and oxygen atoms in total. The van der Waals surface area contributed by atoms with E-state index in [1.807, 2.05) is 16.8 Å². The van der Waals surface area contributed by atoms with Crippen LogP contribution in [0.1, 0.15) is 12.3 Å². The Kier molecular flexibility index (Phi) is 4.68. The minimum absolute atomic E-state index is 0.0416. The quantitative estimate of drug-likeness (QED) is 0.749. The van der Waals surface area contributed by atoms with Gasteiger partial charge in [-0.1, -0.05) is 17.7 Å². The largest absolute Gasteiger partial charge is 0.421 e. The van der Waals surface area contributed by atoms with Crippen molar-refractivity contribution in [3.05, 3.63) is 51.8 Å². The molecule has 0 aliphatic carbocycles. The number of carbonyl (C=O) groups is 1. The lowest BCUT2D eigenvalue weighted by Gasteiger charge is -2.06. The van der Waals surface area contributed by atoms with E-state index < -0.39 is 5.82 Å². The van der Waals surface area contributed by atoms with E-state index >= 15 is 0 Å². The summed E-state index contributed by atoms with van der Waals surface area (Å²) in [7, 11) is 0. The molecule has 3 rings (SSSR count). The van der Waals surface area contributed by atoms with Gasteiger partial charge in [0.05, 0.1) is 10.7 Å². The second-order valence-electron chi connectivity index (χ2n) is 4.66. The van der Waals surface area contributed by atoms with Gasteiger partial charge < -0.3 is 9.73 Å². The van der Waals surface area contributed by atoms with E-state index in [0.29, 0.717) is 11.8 Å². The second kappa shape index (κ2) is 6.89. The predicted molar refractivity (Wildman–Crippen MR) is 86.0 cm³/mol. The van der Waals surface area contributed by atoms with Crippen LogP contribution in [0.2, 0.25) is 5.02 Å². The van der Waals surface area contributed by atoms with Gasteiger partial charge in [-0.25, -0.2) is 4.39 Å². The zero-order valence-corrected chi connectivity index (χ0v) is 13.3. The van der Waals surface area contributed by atoms with Gasteiger partial charge in [-0.2, -0.15) is 11.3 Å². The van der Waals surface area contributed by atoms with Gasteiger partial charge in [-0.3, -0.25) is 4.79 Å². The molecule has 1 N–H and O–H groups in total. The highest BCUT2D eigenvalue weighted by Gasteiger charge is 2.13. The number of thiophene rings is 1. The molecule has 0 aliphatic heterocycles. The minimum Gasteiger partial charge on any atom is -0.421 e. The van der Waals surface area contributed by atoms with Crippen molar-refractivity contribution >= 4 is 34.5 Å². The van der Waals surface area contributed by atoms with Gasteiger partial charge in [0.15, 0.2) is 5.82 Å². The van der Waals surface area contributed by atoms with Crippen molar-refractivity contribution in [2.75, 3.05) is 5.32 Å². The Labute approximate surface area is 140 Å². The van der Waals surface area contributed by atoms with E-state index in [-0.39, 0.29) is 29.5 Å². The number of rotatable bonds is 5. The summed E-state index contributed by atoms with van der Waals surface area (Å²) in [6.45, 7) is 0. The number of anilines is 1. The predicted octanol–water partition coefficient (Wildman–Crippen LogP) is 4.16. The van der Waals surface area contributed by atoms with Gasteiger partial charge in [-0.05, 0) is 23.6 Å². The highest BCUT2D eigenvalue weighted by molar-refractivity contribution is 7.08. The third-order valence-corrected chi connectivity index (χ3v) is 4.00.